The van der Waals surface area contributed by atoms with Gasteiger partial charge in [0, 0.05) is 5.56 Å². The number of benzene rings is 1. The minimum absolute atomic E-state index is 0.229. The molecule has 1 aromatic carbocycles. The van der Waals surface area contributed by atoms with Crippen LogP contribution < -0.4 is 15.2 Å². The highest BCUT2D eigenvalue weighted by atomic mass is 32.1. The van der Waals surface area contributed by atoms with Gasteiger partial charge in [-0.1, -0.05) is 12.1 Å². The van der Waals surface area contributed by atoms with Gasteiger partial charge < -0.3 is 19.4 Å². The fourth-order valence-corrected chi connectivity index (χ4v) is 4.16. The summed E-state index contributed by atoms with van der Waals surface area (Å²) in [4.78, 5) is 33.9. The van der Waals surface area contributed by atoms with Gasteiger partial charge in [-0.2, -0.15) is 0 Å². The standard InChI is InChI=1S/C19H21N3O4S/c1-11-15-17(23)20-14(21-18(15)27-16(11)19(24)26-4)10-22(2)9-12-6-5-7-13(8-12)25-3/h5-8H,9-10H2,1-4H3,(H,20,21,23)/p+1. The molecule has 3 rings (SSSR count). The summed E-state index contributed by atoms with van der Waals surface area (Å²) in [6.07, 6.45) is 0. The van der Waals surface area contributed by atoms with E-state index in [4.69, 9.17) is 9.47 Å². The topological polar surface area (TPSA) is 85.7 Å². The zero-order valence-electron chi connectivity index (χ0n) is 15.7. The molecule has 0 bridgehead atoms. The van der Waals surface area contributed by atoms with E-state index in [0.717, 1.165) is 22.8 Å². The molecule has 0 aliphatic rings. The van der Waals surface area contributed by atoms with Crippen molar-refractivity contribution in [2.45, 2.75) is 20.0 Å². The first kappa shape index (κ1) is 19.1. The Morgan fingerprint density at radius 2 is 2.07 bits per heavy atom. The van der Waals surface area contributed by atoms with Gasteiger partial charge in [0.1, 0.15) is 28.5 Å². The minimum atomic E-state index is -0.447. The zero-order chi connectivity index (χ0) is 19.6. The van der Waals surface area contributed by atoms with Crippen molar-refractivity contribution in [1.29, 1.82) is 0 Å². The van der Waals surface area contributed by atoms with Crippen LogP contribution in [0.1, 0.15) is 26.6 Å². The largest absolute Gasteiger partial charge is 0.497 e. The van der Waals surface area contributed by atoms with Gasteiger partial charge in [0.25, 0.3) is 5.56 Å². The van der Waals surface area contributed by atoms with Crippen molar-refractivity contribution in [2.75, 3.05) is 21.3 Å². The fraction of sp³-hybridized carbons (Fsp3) is 0.316. The SMILES string of the molecule is COC(=O)c1sc2nc(C[NH+](C)Cc3cccc(OC)c3)[nH]c(=O)c2c1C. The molecule has 1 unspecified atom stereocenters. The zero-order valence-corrected chi connectivity index (χ0v) is 16.5. The third-order valence-corrected chi connectivity index (χ3v) is 5.50. The second-order valence-corrected chi connectivity index (χ2v) is 7.40. The highest BCUT2D eigenvalue weighted by molar-refractivity contribution is 7.20. The molecular formula is C19H22N3O4S+. The Labute approximate surface area is 160 Å². The molecule has 2 aromatic heterocycles. The normalized spacial score (nSPS) is 12.1. The highest BCUT2D eigenvalue weighted by Crippen LogP contribution is 2.27. The monoisotopic (exact) mass is 388 g/mol. The van der Waals surface area contributed by atoms with E-state index in [1.54, 1.807) is 14.0 Å². The molecule has 142 valence electrons. The maximum Gasteiger partial charge on any atom is 0.348 e. The van der Waals surface area contributed by atoms with Crippen molar-refractivity contribution in [1.82, 2.24) is 9.97 Å². The molecule has 0 fully saturated rings. The van der Waals surface area contributed by atoms with Crippen LogP contribution in [0.15, 0.2) is 29.1 Å². The van der Waals surface area contributed by atoms with E-state index in [2.05, 4.69) is 9.97 Å². The Hall–Kier alpha value is -2.71. The van der Waals surface area contributed by atoms with Gasteiger partial charge in [-0.25, -0.2) is 9.78 Å². The van der Waals surface area contributed by atoms with Crippen molar-refractivity contribution in [3.05, 3.63) is 56.4 Å². The lowest BCUT2D eigenvalue weighted by molar-refractivity contribution is -0.908. The van der Waals surface area contributed by atoms with E-state index in [1.807, 2.05) is 31.3 Å². The molecule has 0 saturated carbocycles. The molecule has 2 N–H and O–H groups in total. The summed E-state index contributed by atoms with van der Waals surface area (Å²) in [5, 5.41) is 0.453. The highest BCUT2D eigenvalue weighted by Gasteiger charge is 2.20. The predicted molar refractivity (Wildman–Crippen MR) is 104 cm³/mol. The quantitative estimate of drug-likeness (QED) is 0.622. The van der Waals surface area contributed by atoms with Gasteiger partial charge in [0.05, 0.1) is 26.7 Å². The maximum absolute atomic E-state index is 12.5. The summed E-state index contributed by atoms with van der Waals surface area (Å²) < 4.78 is 10.0. The summed E-state index contributed by atoms with van der Waals surface area (Å²) in [5.41, 5.74) is 1.52. The number of hydrogen-bond acceptors (Lipinski definition) is 6. The molecule has 27 heavy (non-hydrogen) atoms. The summed E-state index contributed by atoms with van der Waals surface area (Å²) in [7, 11) is 5.00. The van der Waals surface area contributed by atoms with Crippen LogP contribution in [-0.4, -0.2) is 37.2 Å². The number of aromatic amines is 1. The number of nitrogens with zero attached hydrogens (tertiary/aromatic N) is 1. The lowest BCUT2D eigenvalue weighted by Gasteiger charge is -2.14. The second kappa shape index (κ2) is 7.89. The first-order valence-electron chi connectivity index (χ1n) is 8.47. The van der Waals surface area contributed by atoms with Crippen molar-refractivity contribution in [2.24, 2.45) is 0 Å². The lowest BCUT2D eigenvalue weighted by atomic mass is 10.2. The van der Waals surface area contributed by atoms with Gasteiger partial charge >= 0.3 is 5.97 Å². The van der Waals surface area contributed by atoms with Crippen LogP contribution >= 0.6 is 11.3 Å². The van der Waals surface area contributed by atoms with Crippen LogP contribution in [0.4, 0.5) is 0 Å². The smallest absolute Gasteiger partial charge is 0.348 e. The Balaban J connectivity index is 1.84. The number of esters is 1. The molecule has 3 aromatic rings. The Morgan fingerprint density at radius 1 is 1.30 bits per heavy atom. The molecule has 8 heteroatoms. The number of carbonyl (C=O) groups is 1. The number of thiophene rings is 1. The molecule has 0 saturated heterocycles. The molecule has 0 radical (unpaired) electrons. The van der Waals surface area contributed by atoms with Gasteiger partial charge in [0.15, 0.2) is 5.82 Å². The van der Waals surface area contributed by atoms with Crippen LogP contribution in [0.2, 0.25) is 0 Å². The lowest BCUT2D eigenvalue weighted by Crippen LogP contribution is -3.06. The van der Waals surface area contributed by atoms with Crippen molar-refractivity contribution >= 4 is 27.5 Å². The molecule has 0 amide bonds. The van der Waals surface area contributed by atoms with Crippen molar-refractivity contribution in [3.8, 4) is 5.75 Å². The van der Waals surface area contributed by atoms with Gasteiger partial charge in [-0.3, -0.25) is 4.79 Å². The number of H-pyrrole nitrogens is 1. The van der Waals surface area contributed by atoms with E-state index >= 15 is 0 Å². The molecule has 7 nitrogen and oxygen atoms in total. The Bertz CT molecular complexity index is 1040. The number of rotatable bonds is 6. The minimum Gasteiger partial charge on any atom is -0.497 e. The number of quaternary nitrogens is 1. The molecule has 1 atom stereocenters. The average molecular weight is 388 g/mol. The summed E-state index contributed by atoms with van der Waals surface area (Å²) in [5.74, 6) is 0.959. The van der Waals surface area contributed by atoms with Crippen LogP contribution in [-0.2, 0) is 17.8 Å². The summed E-state index contributed by atoms with van der Waals surface area (Å²) in [6, 6.07) is 7.89. The van der Waals surface area contributed by atoms with E-state index < -0.39 is 5.97 Å². The van der Waals surface area contributed by atoms with E-state index in [-0.39, 0.29) is 5.56 Å². The van der Waals surface area contributed by atoms with Crippen LogP contribution in [0.25, 0.3) is 10.2 Å². The number of aryl methyl sites for hydroxylation is 1. The molecule has 2 heterocycles. The van der Waals surface area contributed by atoms with E-state index in [0.29, 0.717) is 33.0 Å². The number of nitrogens with one attached hydrogen (secondary N) is 2. The van der Waals surface area contributed by atoms with E-state index in [1.165, 1.54) is 18.4 Å². The molecule has 0 aliphatic heterocycles. The summed E-state index contributed by atoms with van der Waals surface area (Å²) in [6.45, 7) is 3.05. The maximum atomic E-state index is 12.5. The average Bonchev–Trinajstić information content (AvgIpc) is 2.98. The van der Waals surface area contributed by atoms with Crippen molar-refractivity contribution in [3.63, 3.8) is 0 Å². The van der Waals surface area contributed by atoms with Crippen LogP contribution in [0, 0.1) is 6.92 Å². The molecular weight excluding hydrogens is 366 g/mol. The Kier molecular flexibility index (Phi) is 5.57. The fourth-order valence-electron chi connectivity index (χ4n) is 3.04. The van der Waals surface area contributed by atoms with Crippen LogP contribution in [0.5, 0.6) is 5.75 Å². The molecule has 0 aliphatic carbocycles. The number of carbonyl (C=O) groups excluding carboxylic acids is 1. The Morgan fingerprint density at radius 3 is 2.78 bits per heavy atom. The third kappa shape index (κ3) is 4.01. The van der Waals surface area contributed by atoms with E-state index in [9.17, 15) is 9.59 Å². The van der Waals surface area contributed by atoms with Gasteiger partial charge in [-0.15, -0.1) is 11.3 Å². The first-order valence-corrected chi connectivity index (χ1v) is 9.29. The first-order chi connectivity index (χ1) is 12.9. The number of methoxy groups -OCH3 is 2. The number of ether oxygens (including phenoxy) is 2. The van der Waals surface area contributed by atoms with Gasteiger partial charge in [0.2, 0.25) is 0 Å². The predicted octanol–water partition coefficient (Wildman–Crippen LogP) is 1.30. The molecule has 0 spiro atoms. The number of aromatic nitrogens is 2. The number of fused-ring (bicyclic) bond motifs is 1. The van der Waals surface area contributed by atoms with Crippen molar-refractivity contribution < 1.29 is 19.2 Å². The van der Waals surface area contributed by atoms with Crippen LogP contribution in [0.3, 0.4) is 0 Å². The summed E-state index contributed by atoms with van der Waals surface area (Å²) >= 11 is 1.19. The number of hydrogen-bond donors (Lipinski definition) is 2. The third-order valence-electron chi connectivity index (χ3n) is 4.33. The second-order valence-electron chi connectivity index (χ2n) is 6.40. The van der Waals surface area contributed by atoms with Gasteiger partial charge in [-0.05, 0) is 24.6 Å².